The number of hydrogen-bond donors (Lipinski definition) is 0. The molecule has 106 valence electrons. The van der Waals surface area contributed by atoms with E-state index in [0.717, 1.165) is 43.5 Å². The summed E-state index contributed by atoms with van der Waals surface area (Å²) in [5.41, 5.74) is 4.67. The monoisotopic (exact) mass is 291 g/mol. The molecule has 1 saturated heterocycles. The number of carbonyl (C=O) groups is 1. The molecular formula is C15H18ClN3O. The zero-order chi connectivity index (χ0) is 14.3. The van der Waals surface area contributed by atoms with Gasteiger partial charge >= 0.3 is 0 Å². The van der Waals surface area contributed by atoms with Crippen LogP contribution >= 0.6 is 11.6 Å². The van der Waals surface area contributed by atoms with E-state index in [-0.39, 0.29) is 5.91 Å². The van der Waals surface area contributed by atoms with Gasteiger partial charge in [-0.3, -0.25) is 9.79 Å². The fourth-order valence-electron chi connectivity index (χ4n) is 2.94. The number of hydrogen-bond acceptors (Lipinski definition) is 3. The lowest BCUT2D eigenvalue weighted by Gasteiger charge is -2.36. The van der Waals surface area contributed by atoms with Crippen molar-refractivity contribution in [1.82, 2.24) is 4.90 Å². The van der Waals surface area contributed by atoms with E-state index in [1.165, 1.54) is 16.8 Å². The number of aliphatic imine (C=N–C) groups is 1. The molecule has 2 aliphatic heterocycles. The van der Waals surface area contributed by atoms with Gasteiger partial charge in [0.25, 0.3) is 0 Å². The highest BCUT2D eigenvalue weighted by molar-refractivity contribution is 6.31. The normalized spacial score (nSPS) is 18.1. The molecular weight excluding hydrogens is 274 g/mol. The zero-order valence-electron chi connectivity index (χ0n) is 11.8. The second kappa shape index (κ2) is 5.09. The number of halogens is 1. The molecule has 2 aliphatic rings. The Bertz CT molecular complexity index is 589. The fraction of sp³-hybridized carbons (Fsp3) is 0.467. The van der Waals surface area contributed by atoms with E-state index in [1.807, 2.05) is 24.0 Å². The predicted molar refractivity (Wildman–Crippen MR) is 81.8 cm³/mol. The van der Waals surface area contributed by atoms with Crippen LogP contribution < -0.4 is 4.90 Å². The summed E-state index contributed by atoms with van der Waals surface area (Å²) >= 11 is 6.25. The highest BCUT2D eigenvalue weighted by Gasteiger charge is 2.24. The molecule has 0 bridgehead atoms. The first kappa shape index (κ1) is 13.4. The minimum Gasteiger partial charge on any atom is -0.368 e. The van der Waals surface area contributed by atoms with Gasteiger partial charge in [0.2, 0.25) is 5.91 Å². The molecule has 5 heteroatoms. The van der Waals surface area contributed by atoms with E-state index < -0.39 is 0 Å². The molecule has 1 aromatic carbocycles. The summed E-state index contributed by atoms with van der Waals surface area (Å²) in [6.45, 7) is 7.65. The van der Waals surface area contributed by atoms with Crippen LogP contribution in [0.25, 0.3) is 0 Å². The third-order valence-corrected chi connectivity index (χ3v) is 4.34. The number of fused-ring (bicyclic) bond motifs is 1. The van der Waals surface area contributed by atoms with Crippen molar-refractivity contribution in [2.24, 2.45) is 4.99 Å². The van der Waals surface area contributed by atoms with Crippen LogP contribution in [0.4, 0.5) is 5.69 Å². The van der Waals surface area contributed by atoms with Gasteiger partial charge in [0.05, 0.1) is 6.54 Å². The van der Waals surface area contributed by atoms with Gasteiger partial charge in [-0.05, 0) is 19.1 Å². The lowest BCUT2D eigenvalue weighted by Crippen LogP contribution is -2.48. The van der Waals surface area contributed by atoms with E-state index in [2.05, 4.69) is 9.89 Å². The summed E-state index contributed by atoms with van der Waals surface area (Å²) < 4.78 is 0. The van der Waals surface area contributed by atoms with Crippen LogP contribution in [0.2, 0.25) is 5.02 Å². The molecule has 0 atom stereocenters. The Kier molecular flexibility index (Phi) is 3.42. The van der Waals surface area contributed by atoms with Gasteiger partial charge in [0.1, 0.15) is 0 Å². The molecule has 0 radical (unpaired) electrons. The smallest absolute Gasteiger partial charge is 0.219 e. The van der Waals surface area contributed by atoms with E-state index in [0.29, 0.717) is 0 Å². The quantitative estimate of drug-likeness (QED) is 0.796. The topological polar surface area (TPSA) is 35.9 Å². The van der Waals surface area contributed by atoms with Crippen molar-refractivity contribution in [2.75, 3.05) is 31.1 Å². The Morgan fingerprint density at radius 2 is 1.95 bits per heavy atom. The highest BCUT2D eigenvalue weighted by Crippen LogP contribution is 2.33. The summed E-state index contributed by atoms with van der Waals surface area (Å²) in [6, 6.07) is 4.02. The van der Waals surface area contributed by atoms with Gasteiger partial charge < -0.3 is 9.80 Å². The summed E-state index contributed by atoms with van der Waals surface area (Å²) in [5, 5.41) is 0.754. The van der Waals surface area contributed by atoms with Crippen LogP contribution in [0, 0.1) is 0 Å². The molecule has 2 heterocycles. The fourth-order valence-corrected chi connectivity index (χ4v) is 3.15. The molecule has 0 saturated carbocycles. The average Bonchev–Trinajstić information content (AvgIpc) is 2.80. The number of benzene rings is 1. The first-order valence-electron chi connectivity index (χ1n) is 6.90. The minimum absolute atomic E-state index is 0.153. The van der Waals surface area contributed by atoms with Crippen LogP contribution in [-0.2, 0) is 11.3 Å². The Balaban J connectivity index is 1.86. The van der Waals surface area contributed by atoms with E-state index in [4.69, 9.17) is 11.6 Å². The minimum atomic E-state index is 0.153. The van der Waals surface area contributed by atoms with Crippen molar-refractivity contribution in [3.8, 4) is 0 Å². The lowest BCUT2D eigenvalue weighted by atomic mass is 10.0. The summed E-state index contributed by atoms with van der Waals surface area (Å²) in [4.78, 5) is 20.1. The Morgan fingerprint density at radius 3 is 2.60 bits per heavy atom. The number of amides is 1. The highest BCUT2D eigenvalue weighted by atomic mass is 35.5. The van der Waals surface area contributed by atoms with Crippen LogP contribution in [0.1, 0.15) is 25.0 Å². The molecule has 20 heavy (non-hydrogen) atoms. The molecule has 1 fully saturated rings. The first-order valence-corrected chi connectivity index (χ1v) is 7.28. The van der Waals surface area contributed by atoms with Gasteiger partial charge in [0.15, 0.2) is 0 Å². The number of anilines is 1. The second-order valence-corrected chi connectivity index (χ2v) is 5.78. The van der Waals surface area contributed by atoms with Gasteiger partial charge in [0, 0.05) is 60.7 Å². The number of piperazine rings is 1. The maximum Gasteiger partial charge on any atom is 0.219 e. The lowest BCUT2D eigenvalue weighted by molar-refractivity contribution is -0.129. The number of nitrogens with zero attached hydrogens (tertiary/aromatic N) is 3. The van der Waals surface area contributed by atoms with Crippen molar-refractivity contribution >= 4 is 28.9 Å². The molecule has 3 rings (SSSR count). The largest absolute Gasteiger partial charge is 0.368 e. The molecule has 0 aliphatic carbocycles. The van der Waals surface area contributed by atoms with Crippen molar-refractivity contribution in [2.45, 2.75) is 20.4 Å². The maximum absolute atomic E-state index is 11.4. The number of carbonyl (C=O) groups excluding carboxylic acids is 1. The van der Waals surface area contributed by atoms with E-state index in [1.54, 1.807) is 6.92 Å². The Hall–Kier alpha value is -1.55. The SMILES string of the molecule is CC(=O)N1CCN(c2cc(Cl)cc3c2CN=C3C)CC1. The van der Waals surface area contributed by atoms with Crippen LogP contribution in [0.5, 0.6) is 0 Å². The first-order chi connectivity index (χ1) is 9.56. The van der Waals surface area contributed by atoms with Gasteiger partial charge in [-0.2, -0.15) is 0 Å². The van der Waals surface area contributed by atoms with Crippen LogP contribution in [0.15, 0.2) is 17.1 Å². The van der Waals surface area contributed by atoms with E-state index in [9.17, 15) is 4.79 Å². The second-order valence-electron chi connectivity index (χ2n) is 5.35. The summed E-state index contributed by atoms with van der Waals surface area (Å²) in [5.74, 6) is 0.153. The van der Waals surface area contributed by atoms with Gasteiger partial charge in [-0.25, -0.2) is 0 Å². The molecule has 4 nitrogen and oxygen atoms in total. The summed E-state index contributed by atoms with van der Waals surface area (Å²) in [6.07, 6.45) is 0. The van der Waals surface area contributed by atoms with Gasteiger partial charge in [-0.15, -0.1) is 0 Å². The van der Waals surface area contributed by atoms with Crippen molar-refractivity contribution < 1.29 is 4.79 Å². The van der Waals surface area contributed by atoms with Crippen molar-refractivity contribution in [3.05, 3.63) is 28.3 Å². The molecule has 0 spiro atoms. The third kappa shape index (κ3) is 2.29. The predicted octanol–water partition coefficient (Wildman–Crippen LogP) is 2.33. The molecule has 1 aromatic rings. The molecule has 0 unspecified atom stereocenters. The standard InChI is InChI=1S/C15H18ClN3O/c1-10-13-7-12(16)8-15(14(13)9-17-10)19-5-3-18(4-6-19)11(2)20/h7-8H,3-6,9H2,1-2H3. The van der Waals surface area contributed by atoms with Crippen molar-refractivity contribution in [1.29, 1.82) is 0 Å². The third-order valence-electron chi connectivity index (χ3n) is 4.12. The Labute approximate surface area is 124 Å². The number of rotatable bonds is 1. The molecule has 1 amide bonds. The Morgan fingerprint density at radius 1 is 1.25 bits per heavy atom. The average molecular weight is 292 g/mol. The van der Waals surface area contributed by atoms with Gasteiger partial charge in [-0.1, -0.05) is 11.6 Å². The zero-order valence-corrected chi connectivity index (χ0v) is 12.6. The summed E-state index contributed by atoms with van der Waals surface area (Å²) in [7, 11) is 0. The van der Waals surface area contributed by atoms with E-state index >= 15 is 0 Å². The molecule has 0 N–H and O–H groups in total. The van der Waals surface area contributed by atoms with Crippen LogP contribution in [0.3, 0.4) is 0 Å². The van der Waals surface area contributed by atoms with Crippen molar-refractivity contribution in [3.63, 3.8) is 0 Å². The van der Waals surface area contributed by atoms with Crippen LogP contribution in [-0.4, -0.2) is 42.7 Å². The maximum atomic E-state index is 11.4. The molecule has 0 aromatic heterocycles.